The molecule has 0 radical (unpaired) electrons. The second-order valence-electron chi connectivity index (χ2n) is 19.9. The SMILES string of the molecule is C=CCCC(NC1=CC(F)=C(C2CCN(CC3CCN(C(=O)c4ccc(C5CCN(C/C(C)=C/c6c(-c7ccc8nc(COC)n(PI)c8c7)ccnc6C)CC5)cc4)CC3)CC2(F)F)CC1)C(=O)NC.CC.CC. The van der Waals surface area contributed by atoms with Crippen LogP contribution in [0.3, 0.4) is 0 Å². The Labute approximate surface area is 459 Å². The van der Waals surface area contributed by atoms with Crippen LogP contribution >= 0.6 is 28.4 Å². The number of nitrogens with one attached hydrogen (secondary N) is 2. The van der Waals surface area contributed by atoms with E-state index in [1.54, 1.807) is 20.2 Å². The van der Waals surface area contributed by atoms with Gasteiger partial charge < -0.3 is 20.3 Å². The molecular formula is C59H81F3IN8O3P. The van der Waals surface area contributed by atoms with E-state index in [-0.39, 0.29) is 36.1 Å². The zero-order valence-electron chi connectivity index (χ0n) is 45.6. The van der Waals surface area contributed by atoms with Crippen molar-refractivity contribution in [2.45, 2.75) is 124 Å². The predicted octanol–water partition coefficient (Wildman–Crippen LogP) is 13.1. The third-order valence-corrected chi connectivity index (χ3v) is 17.1. The highest BCUT2D eigenvalue weighted by Crippen LogP contribution is 2.44. The lowest BCUT2D eigenvalue weighted by molar-refractivity contribution is -0.122. The zero-order chi connectivity index (χ0) is 54.2. The van der Waals surface area contributed by atoms with Gasteiger partial charge in [0.1, 0.15) is 24.3 Å². The molecule has 1 aliphatic carbocycles. The van der Waals surface area contributed by atoms with Crippen molar-refractivity contribution in [2.24, 2.45) is 11.8 Å². The van der Waals surface area contributed by atoms with E-state index in [1.807, 2.05) is 55.8 Å². The Balaban J connectivity index is 0.00000223. The summed E-state index contributed by atoms with van der Waals surface area (Å²) in [5, 5.41) is 5.75. The Morgan fingerprint density at radius 3 is 2.32 bits per heavy atom. The minimum absolute atomic E-state index is 0.0203. The van der Waals surface area contributed by atoms with Crippen LogP contribution in [0, 0.1) is 18.8 Å². The molecule has 16 heteroatoms. The van der Waals surface area contributed by atoms with Crippen LogP contribution in [-0.4, -0.2) is 119 Å². The average molecular weight is 1170 g/mol. The highest BCUT2D eigenvalue weighted by Gasteiger charge is 2.47. The largest absolute Gasteiger partial charge is 0.377 e. The standard InChI is InChI=1S/C55H69F3IN8O3P.2C2H6/c1-6-7-8-50(53(68)60-4)62-43-14-15-45(48(56)31-43)47-22-26-65(35-55(47,57)58)33-38-18-27-66(28-19-38)54(69)41-11-9-39(10-12-41)40-20-24-64(25-21-40)32-36(2)29-46-37(3)61-23-17-44(46)42-13-16-49-51(30-42)67(71-59)52(63-49)34-70-5;2*1-2/h6,9-13,16-17,23,29-31,38,40,47,50,62,71H,1,7-8,14-15,18-22,24-28,32-35H2,2-5H3,(H,60,68);2*1-2H3/b36-29+;;. The molecule has 0 saturated carbocycles. The Kier molecular flexibility index (Phi) is 23.0. The van der Waals surface area contributed by atoms with Crippen LogP contribution in [0.1, 0.15) is 131 Å². The van der Waals surface area contributed by atoms with Gasteiger partial charge in [-0.25, -0.2) is 18.2 Å². The number of allylic oxidation sites excluding steroid dienone is 5. The number of benzene rings is 2. The van der Waals surface area contributed by atoms with Gasteiger partial charge >= 0.3 is 0 Å². The molecule has 0 spiro atoms. The van der Waals surface area contributed by atoms with Crippen molar-refractivity contribution in [3.05, 3.63) is 124 Å². The first-order chi connectivity index (χ1) is 36.3. The molecule has 3 aliphatic heterocycles. The first-order valence-electron chi connectivity index (χ1n) is 27.2. The smallest absolute Gasteiger partial charge is 0.267 e. The minimum atomic E-state index is -3.06. The molecule has 75 heavy (non-hydrogen) atoms. The van der Waals surface area contributed by atoms with Crippen LogP contribution in [0.4, 0.5) is 13.2 Å². The number of fused-ring (bicyclic) bond motifs is 1. The van der Waals surface area contributed by atoms with Crippen molar-refractivity contribution in [1.82, 2.24) is 39.6 Å². The van der Waals surface area contributed by atoms with E-state index in [1.165, 1.54) is 17.2 Å². The maximum Gasteiger partial charge on any atom is 0.267 e. The summed E-state index contributed by atoms with van der Waals surface area (Å²) in [6, 6.07) is 16.2. The fourth-order valence-electron chi connectivity index (χ4n) is 11.2. The third kappa shape index (κ3) is 15.2. The van der Waals surface area contributed by atoms with Crippen LogP contribution in [-0.2, 0) is 16.1 Å². The van der Waals surface area contributed by atoms with Crippen molar-refractivity contribution < 1.29 is 27.5 Å². The fraction of sp³-hybridized carbons (Fsp3) is 0.525. The van der Waals surface area contributed by atoms with Gasteiger partial charge in [0.25, 0.3) is 11.8 Å². The van der Waals surface area contributed by atoms with Gasteiger partial charge in [-0.1, -0.05) is 63.6 Å². The number of halogens is 4. The lowest BCUT2D eigenvalue weighted by atomic mass is 9.81. The average Bonchev–Trinajstić information content (AvgIpc) is 3.78. The number of likely N-dealkylation sites (N-methyl/N-ethyl adjacent to an activating group) is 1. The van der Waals surface area contributed by atoms with Gasteiger partial charge in [-0.15, -0.1) is 6.58 Å². The van der Waals surface area contributed by atoms with E-state index < -0.39 is 30.3 Å². The number of ether oxygens (including phenoxy) is 1. The number of aromatic nitrogens is 3. The second-order valence-corrected chi connectivity index (χ2v) is 22.0. The molecule has 5 heterocycles. The Morgan fingerprint density at radius 2 is 1.68 bits per heavy atom. The maximum atomic E-state index is 15.8. The van der Waals surface area contributed by atoms with Gasteiger partial charge in [0, 0.05) is 81.3 Å². The minimum Gasteiger partial charge on any atom is -0.377 e. The van der Waals surface area contributed by atoms with Crippen molar-refractivity contribution in [2.75, 3.05) is 66.5 Å². The molecular weight excluding hydrogens is 1080 g/mol. The van der Waals surface area contributed by atoms with Gasteiger partial charge in [0.2, 0.25) is 5.91 Å². The molecule has 2 aromatic carbocycles. The molecule has 3 unspecified atom stereocenters. The Hall–Kier alpha value is -4.41. The van der Waals surface area contributed by atoms with Crippen LogP contribution in [0.2, 0.25) is 0 Å². The van der Waals surface area contributed by atoms with Gasteiger partial charge in [-0.05, 0) is 184 Å². The number of imidazole rings is 1. The number of alkyl halides is 2. The van der Waals surface area contributed by atoms with Crippen LogP contribution in [0.15, 0.2) is 96.1 Å². The highest BCUT2D eigenvalue weighted by atomic mass is 127. The van der Waals surface area contributed by atoms with E-state index >= 15 is 13.2 Å². The molecule has 2 aromatic heterocycles. The second kappa shape index (κ2) is 28.8. The fourth-order valence-corrected chi connectivity index (χ4v) is 13.3. The number of carbonyl (C=O) groups excluding carboxylic acids is 2. The van der Waals surface area contributed by atoms with Crippen molar-refractivity contribution in [1.29, 1.82) is 0 Å². The zero-order valence-corrected chi connectivity index (χ0v) is 48.8. The number of hydrogen-bond donors (Lipinski definition) is 2. The summed E-state index contributed by atoms with van der Waals surface area (Å²) in [6.07, 6.45) is 13.2. The van der Waals surface area contributed by atoms with Gasteiger partial charge in [0.05, 0.1) is 17.6 Å². The quantitative estimate of drug-likeness (QED) is 0.0576. The number of pyridine rings is 1. The third-order valence-electron chi connectivity index (χ3n) is 15.0. The summed E-state index contributed by atoms with van der Waals surface area (Å²) < 4.78 is 54.7. The normalized spacial score (nSPS) is 19.5. The van der Waals surface area contributed by atoms with Gasteiger partial charge in [-0.3, -0.25) is 28.7 Å². The first-order valence-corrected chi connectivity index (χ1v) is 31.2. The van der Waals surface area contributed by atoms with Crippen LogP contribution in [0.5, 0.6) is 0 Å². The van der Waals surface area contributed by atoms with E-state index in [0.717, 1.165) is 84.6 Å². The number of rotatable bonds is 18. The molecule has 2 N–H and O–H groups in total. The molecule has 2 amide bonds. The molecule has 3 saturated heterocycles. The molecule has 8 rings (SSSR count). The van der Waals surface area contributed by atoms with Gasteiger partial charge in [-0.2, -0.15) is 0 Å². The number of carbonyl (C=O) groups is 2. The van der Waals surface area contributed by atoms with E-state index in [0.29, 0.717) is 75.6 Å². The highest BCUT2D eigenvalue weighted by molar-refractivity contribution is 14.2. The molecule has 3 fully saturated rings. The Bertz CT molecular complexity index is 2640. The van der Waals surface area contributed by atoms with E-state index in [4.69, 9.17) is 9.72 Å². The number of methoxy groups -OCH3 is 1. The molecule has 11 nitrogen and oxygen atoms in total. The molecule has 4 aliphatic rings. The van der Waals surface area contributed by atoms with Crippen molar-refractivity contribution >= 4 is 57.3 Å². The van der Waals surface area contributed by atoms with E-state index in [9.17, 15) is 9.59 Å². The monoisotopic (exact) mass is 1160 g/mol. The number of likely N-dealkylation sites (tertiary alicyclic amines) is 3. The summed E-state index contributed by atoms with van der Waals surface area (Å²) in [7, 11) is 3.25. The lowest BCUT2D eigenvalue weighted by Gasteiger charge is -2.42. The van der Waals surface area contributed by atoms with Crippen LogP contribution in [0.25, 0.3) is 28.2 Å². The molecule has 4 aromatic rings. The number of hydrogen-bond acceptors (Lipinski definition) is 8. The summed E-state index contributed by atoms with van der Waals surface area (Å²) >= 11 is 2.40. The number of aryl methyl sites for hydroxylation is 1. The maximum absolute atomic E-state index is 15.8. The molecule has 0 bridgehead atoms. The van der Waals surface area contributed by atoms with E-state index in [2.05, 4.69) is 110 Å². The first kappa shape index (κ1) is 59.8. The summed E-state index contributed by atoms with van der Waals surface area (Å²) in [6.45, 7) is 21.2. The topological polar surface area (TPSA) is 108 Å². The van der Waals surface area contributed by atoms with Crippen molar-refractivity contribution in [3.63, 3.8) is 0 Å². The Morgan fingerprint density at radius 1 is 0.973 bits per heavy atom. The predicted molar refractivity (Wildman–Crippen MR) is 311 cm³/mol. The number of amides is 2. The van der Waals surface area contributed by atoms with Gasteiger partial charge in [0.15, 0.2) is 0 Å². The summed E-state index contributed by atoms with van der Waals surface area (Å²) in [5.41, 5.74) is 10.5. The van der Waals surface area contributed by atoms with Crippen LogP contribution < -0.4 is 10.6 Å². The summed E-state index contributed by atoms with van der Waals surface area (Å²) in [4.78, 5) is 41.8. The number of piperidine rings is 3. The summed E-state index contributed by atoms with van der Waals surface area (Å²) in [5.74, 6) is -3.44. The molecule has 408 valence electrons. The molecule has 3 atom stereocenters. The number of nitrogens with zero attached hydrogens (tertiary/aromatic N) is 6. The van der Waals surface area contributed by atoms with Crippen molar-refractivity contribution in [3.8, 4) is 11.1 Å². The lowest BCUT2D eigenvalue weighted by Crippen LogP contribution is -2.51.